The summed E-state index contributed by atoms with van der Waals surface area (Å²) in [7, 11) is 0. The van der Waals surface area contributed by atoms with E-state index in [0.29, 0.717) is 0 Å². The van der Waals surface area contributed by atoms with E-state index in [9.17, 15) is 14.4 Å². The van der Waals surface area contributed by atoms with Gasteiger partial charge in [-0.15, -0.1) is 0 Å². The smallest absolute Gasteiger partial charge is 0.287 e. The van der Waals surface area contributed by atoms with Crippen molar-refractivity contribution in [3.8, 4) is 0 Å². The number of amides is 2. The van der Waals surface area contributed by atoms with Crippen molar-refractivity contribution >= 4 is 17.6 Å². The molecule has 1 aromatic carbocycles. The SMILES string of the molecule is CC(=O)C(=O)N[C@@H](Cc1ccccc1)C(N)=O. The largest absolute Gasteiger partial charge is 0.368 e. The van der Waals surface area contributed by atoms with Gasteiger partial charge in [0.2, 0.25) is 11.7 Å². The van der Waals surface area contributed by atoms with Gasteiger partial charge in [-0.2, -0.15) is 0 Å². The number of benzene rings is 1. The minimum absolute atomic E-state index is 0.273. The number of Topliss-reactive ketones (excluding diaryl/α,β-unsaturated/α-hetero) is 1. The summed E-state index contributed by atoms with van der Waals surface area (Å²) in [5.74, 6) is -2.11. The number of carbonyl (C=O) groups excluding carboxylic acids is 3. The number of nitrogens with one attached hydrogen (secondary N) is 1. The third-order valence-electron chi connectivity index (χ3n) is 2.25. The highest BCUT2D eigenvalue weighted by Crippen LogP contribution is 2.03. The van der Waals surface area contributed by atoms with Gasteiger partial charge in [-0.3, -0.25) is 14.4 Å². The van der Waals surface area contributed by atoms with Crippen LogP contribution in [0, 0.1) is 0 Å². The molecular formula is C12H14N2O3. The van der Waals surface area contributed by atoms with Crippen LogP contribution < -0.4 is 11.1 Å². The summed E-state index contributed by atoms with van der Waals surface area (Å²) >= 11 is 0. The molecule has 0 aliphatic heterocycles. The molecule has 0 saturated carbocycles. The molecule has 0 aromatic heterocycles. The minimum Gasteiger partial charge on any atom is -0.368 e. The van der Waals surface area contributed by atoms with Crippen molar-refractivity contribution in [3.63, 3.8) is 0 Å². The van der Waals surface area contributed by atoms with Gasteiger partial charge in [-0.1, -0.05) is 30.3 Å². The summed E-state index contributed by atoms with van der Waals surface area (Å²) in [5, 5.41) is 2.30. The average molecular weight is 234 g/mol. The maximum absolute atomic E-state index is 11.2. The molecule has 0 fully saturated rings. The van der Waals surface area contributed by atoms with Crippen LogP contribution in [-0.2, 0) is 20.8 Å². The first-order valence-corrected chi connectivity index (χ1v) is 5.15. The number of hydrogen-bond donors (Lipinski definition) is 2. The fourth-order valence-corrected chi connectivity index (χ4v) is 1.33. The van der Waals surface area contributed by atoms with Gasteiger partial charge in [0.15, 0.2) is 0 Å². The van der Waals surface area contributed by atoms with Crippen molar-refractivity contribution in [2.75, 3.05) is 0 Å². The van der Waals surface area contributed by atoms with Crippen LogP contribution in [0.4, 0.5) is 0 Å². The second-order valence-corrected chi connectivity index (χ2v) is 3.67. The maximum atomic E-state index is 11.2. The van der Waals surface area contributed by atoms with Crippen molar-refractivity contribution in [2.24, 2.45) is 5.73 Å². The molecule has 5 nitrogen and oxygen atoms in total. The van der Waals surface area contributed by atoms with Crippen molar-refractivity contribution in [2.45, 2.75) is 19.4 Å². The summed E-state index contributed by atoms with van der Waals surface area (Å²) in [5.41, 5.74) is 6.03. The third-order valence-corrected chi connectivity index (χ3v) is 2.25. The van der Waals surface area contributed by atoms with Gasteiger partial charge in [0, 0.05) is 13.3 Å². The van der Waals surface area contributed by atoms with Gasteiger partial charge < -0.3 is 11.1 Å². The molecule has 0 aliphatic carbocycles. The number of carbonyl (C=O) groups is 3. The first-order valence-electron chi connectivity index (χ1n) is 5.15. The Kier molecular flexibility index (Phi) is 4.39. The molecule has 90 valence electrons. The zero-order chi connectivity index (χ0) is 12.8. The Balaban J connectivity index is 2.71. The average Bonchev–Trinajstić information content (AvgIpc) is 2.29. The van der Waals surface area contributed by atoms with Gasteiger partial charge in [-0.05, 0) is 5.56 Å². The maximum Gasteiger partial charge on any atom is 0.287 e. The van der Waals surface area contributed by atoms with E-state index in [1.54, 1.807) is 0 Å². The van der Waals surface area contributed by atoms with Gasteiger partial charge in [0.05, 0.1) is 0 Å². The molecule has 0 aliphatic rings. The van der Waals surface area contributed by atoms with Gasteiger partial charge in [0.1, 0.15) is 6.04 Å². The minimum atomic E-state index is -0.867. The third kappa shape index (κ3) is 4.06. The first kappa shape index (κ1) is 12.9. The van der Waals surface area contributed by atoms with Crippen molar-refractivity contribution in [3.05, 3.63) is 35.9 Å². The van der Waals surface area contributed by atoms with Crippen LogP contribution in [0.3, 0.4) is 0 Å². The highest BCUT2D eigenvalue weighted by molar-refractivity contribution is 6.35. The first-order chi connectivity index (χ1) is 8.00. The molecule has 1 atom stereocenters. The molecule has 0 unspecified atom stereocenters. The standard InChI is InChI=1S/C12H14N2O3/c1-8(15)12(17)14-10(11(13)16)7-9-5-3-2-4-6-9/h2-6,10H,7H2,1H3,(H2,13,16)(H,14,17)/t10-/m0/s1. The normalized spacial score (nSPS) is 11.6. The van der Waals surface area contributed by atoms with E-state index >= 15 is 0 Å². The summed E-state index contributed by atoms with van der Waals surface area (Å²) in [4.78, 5) is 33.1. The highest BCUT2D eigenvalue weighted by atomic mass is 16.2. The lowest BCUT2D eigenvalue weighted by Gasteiger charge is -2.14. The van der Waals surface area contributed by atoms with Gasteiger partial charge in [-0.25, -0.2) is 0 Å². The Morgan fingerprint density at radius 1 is 1.24 bits per heavy atom. The van der Waals surface area contributed by atoms with E-state index in [-0.39, 0.29) is 6.42 Å². The van der Waals surface area contributed by atoms with Crippen LogP contribution in [0.25, 0.3) is 0 Å². The molecule has 0 heterocycles. The summed E-state index contributed by atoms with van der Waals surface area (Å²) < 4.78 is 0. The molecule has 0 bridgehead atoms. The van der Waals surface area contributed by atoms with Crippen LogP contribution in [0.2, 0.25) is 0 Å². The van der Waals surface area contributed by atoms with Crippen LogP contribution in [0.5, 0.6) is 0 Å². The van der Waals surface area contributed by atoms with E-state index in [2.05, 4.69) is 5.32 Å². The Labute approximate surface area is 99.0 Å². The van der Waals surface area contributed by atoms with Crippen molar-refractivity contribution in [1.29, 1.82) is 0 Å². The van der Waals surface area contributed by atoms with Crippen LogP contribution in [0.15, 0.2) is 30.3 Å². The molecular weight excluding hydrogens is 220 g/mol. The molecule has 0 saturated heterocycles. The molecule has 1 rings (SSSR count). The lowest BCUT2D eigenvalue weighted by Crippen LogP contribution is -2.47. The van der Waals surface area contributed by atoms with Gasteiger partial charge in [0.25, 0.3) is 5.91 Å². The van der Waals surface area contributed by atoms with Crippen LogP contribution in [0.1, 0.15) is 12.5 Å². The summed E-state index contributed by atoms with van der Waals surface area (Å²) in [6, 6.07) is 8.25. The van der Waals surface area contributed by atoms with Gasteiger partial charge >= 0.3 is 0 Å². The molecule has 5 heteroatoms. The topological polar surface area (TPSA) is 89.3 Å². The van der Waals surface area contributed by atoms with E-state index in [0.717, 1.165) is 12.5 Å². The summed E-state index contributed by atoms with van der Waals surface area (Å²) in [6.45, 7) is 1.13. The van der Waals surface area contributed by atoms with Crippen molar-refractivity contribution in [1.82, 2.24) is 5.32 Å². The van der Waals surface area contributed by atoms with Crippen molar-refractivity contribution < 1.29 is 14.4 Å². The molecule has 0 radical (unpaired) electrons. The monoisotopic (exact) mass is 234 g/mol. The predicted octanol–water partition coefficient (Wildman–Crippen LogP) is -0.212. The Bertz CT molecular complexity index is 429. The van der Waals surface area contributed by atoms with E-state index in [1.165, 1.54) is 0 Å². The number of hydrogen-bond acceptors (Lipinski definition) is 3. The Hall–Kier alpha value is -2.17. The zero-order valence-electron chi connectivity index (χ0n) is 9.47. The predicted molar refractivity (Wildman–Crippen MR) is 62.0 cm³/mol. The van der Waals surface area contributed by atoms with E-state index < -0.39 is 23.6 Å². The fraction of sp³-hybridized carbons (Fsp3) is 0.250. The van der Waals surface area contributed by atoms with E-state index in [1.807, 2.05) is 30.3 Å². The zero-order valence-corrected chi connectivity index (χ0v) is 9.47. The lowest BCUT2D eigenvalue weighted by molar-refractivity contribution is -0.138. The fourth-order valence-electron chi connectivity index (χ4n) is 1.33. The molecule has 17 heavy (non-hydrogen) atoms. The summed E-state index contributed by atoms with van der Waals surface area (Å²) in [6.07, 6.45) is 0.273. The number of nitrogens with two attached hydrogens (primary N) is 1. The molecule has 1 aromatic rings. The second kappa shape index (κ2) is 5.79. The second-order valence-electron chi connectivity index (χ2n) is 3.67. The Morgan fingerprint density at radius 3 is 2.29 bits per heavy atom. The highest BCUT2D eigenvalue weighted by Gasteiger charge is 2.20. The molecule has 2 amide bonds. The quantitative estimate of drug-likeness (QED) is 0.691. The lowest BCUT2D eigenvalue weighted by atomic mass is 10.1. The number of rotatable bonds is 5. The Morgan fingerprint density at radius 2 is 1.82 bits per heavy atom. The number of ketones is 1. The van der Waals surface area contributed by atoms with Crippen LogP contribution in [-0.4, -0.2) is 23.6 Å². The van der Waals surface area contributed by atoms with E-state index in [4.69, 9.17) is 5.73 Å². The molecule has 3 N–H and O–H groups in total. The molecule has 0 spiro atoms. The number of primary amides is 1. The van der Waals surface area contributed by atoms with Crippen LogP contribution >= 0.6 is 0 Å².